The van der Waals surface area contributed by atoms with Gasteiger partial charge in [0, 0.05) is 5.69 Å². The molecule has 0 amide bonds. The topological polar surface area (TPSA) is 59.6 Å². The zero-order valence-electron chi connectivity index (χ0n) is 15.5. The molecule has 0 heterocycles. The van der Waals surface area contributed by atoms with Gasteiger partial charge < -0.3 is 20.1 Å². The first-order chi connectivity index (χ1) is 12.4. The van der Waals surface area contributed by atoms with E-state index in [1.165, 1.54) is 7.11 Å². The summed E-state index contributed by atoms with van der Waals surface area (Å²) in [6.07, 6.45) is 0. The minimum Gasteiger partial charge on any atom is -0.491 e. The van der Waals surface area contributed by atoms with Crippen LogP contribution in [0.15, 0.2) is 42.5 Å². The summed E-state index contributed by atoms with van der Waals surface area (Å²) in [4.78, 5) is 11.4. The van der Waals surface area contributed by atoms with Crippen molar-refractivity contribution in [3.05, 3.63) is 59.2 Å². The predicted molar refractivity (Wildman–Crippen MR) is 108 cm³/mol. The van der Waals surface area contributed by atoms with E-state index in [-0.39, 0.29) is 12.0 Å². The van der Waals surface area contributed by atoms with Crippen LogP contribution in [-0.4, -0.2) is 30.8 Å². The number of nitrogens with one attached hydrogen (secondary N) is 2. The first-order valence-electron chi connectivity index (χ1n) is 8.35. The predicted octanol–water partition coefficient (Wildman–Crippen LogP) is 3.84. The van der Waals surface area contributed by atoms with Gasteiger partial charge in [0.2, 0.25) is 0 Å². The Kier molecular flexibility index (Phi) is 6.97. The molecule has 26 heavy (non-hydrogen) atoms. The number of methoxy groups -OCH3 is 1. The summed E-state index contributed by atoms with van der Waals surface area (Å²) in [7, 11) is 1.36. The molecule has 2 aromatic carbocycles. The van der Waals surface area contributed by atoms with Crippen molar-refractivity contribution in [2.24, 2.45) is 0 Å². The van der Waals surface area contributed by atoms with Crippen molar-refractivity contribution in [3.8, 4) is 5.75 Å². The van der Waals surface area contributed by atoms with Crippen molar-refractivity contribution in [1.82, 2.24) is 5.32 Å². The largest absolute Gasteiger partial charge is 0.491 e. The number of carbonyl (C=O) groups is 1. The maximum Gasteiger partial charge on any atom is 0.337 e. The zero-order valence-corrected chi connectivity index (χ0v) is 16.3. The van der Waals surface area contributed by atoms with Crippen LogP contribution < -0.4 is 15.4 Å². The number of esters is 1. The Morgan fingerprint density at radius 3 is 2.31 bits per heavy atom. The average molecular weight is 372 g/mol. The monoisotopic (exact) mass is 372 g/mol. The highest BCUT2D eigenvalue weighted by Gasteiger charge is 2.09. The Morgan fingerprint density at radius 2 is 1.73 bits per heavy atom. The first-order valence-corrected chi connectivity index (χ1v) is 8.76. The molecule has 0 aliphatic carbocycles. The minimum absolute atomic E-state index is 0.0309. The maximum absolute atomic E-state index is 11.4. The molecular weight excluding hydrogens is 348 g/mol. The van der Waals surface area contributed by atoms with Gasteiger partial charge in [0.15, 0.2) is 5.11 Å². The number of para-hydroxylation sites is 1. The van der Waals surface area contributed by atoms with Gasteiger partial charge >= 0.3 is 5.97 Å². The van der Waals surface area contributed by atoms with E-state index >= 15 is 0 Å². The lowest BCUT2D eigenvalue weighted by Crippen LogP contribution is -2.39. The molecule has 0 bridgehead atoms. The minimum atomic E-state index is -0.366. The number of benzene rings is 2. The molecular formula is C20H24N2O3S. The Balaban J connectivity index is 1.84. The lowest BCUT2D eigenvalue weighted by atomic mass is 10.1. The van der Waals surface area contributed by atoms with E-state index in [0.717, 1.165) is 22.6 Å². The van der Waals surface area contributed by atoms with Crippen LogP contribution in [0.3, 0.4) is 0 Å². The molecule has 1 unspecified atom stereocenters. The lowest BCUT2D eigenvalue weighted by molar-refractivity contribution is 0.0601. The number of hydrogen-bond donors (Lipinski definition) is 2. The van der Waals surface area contributed by atoms with E-state index in [1.54, 1.807) is 24.3 Å². The van der Waals surface area contributed by atoms with Crippen molar-refractivity contribution in [2.75, 3.05) is 19.0 Å². The number of carbonyl (C=O) groups excluding carboxylic acids is 1. The SMILES string of the molecule is COC(=O)c1ccc(NC(=S)NC(C)COc2c(C)cccc2C)cc1. The van der Waals surface area contributed by atoms with E-state index in [9.17, 15) is 4.79 Å². The van der Waals surface area contributed by atoms with Gasteiger partial charge in [-0.3, -0.25) is 0 Å². The van der Waals surface area contributed by atoms with Crippen LogP contribution in [0.4, 0.5) is 5.69 Å². The van der Waals surface area contributed by atoms with Gasteiger partial charge in [-0.2, -0.15) is 0 Å². The van der Waals surface area contributed by atoms with Gasteiger partial charge in [0.1, 0.15) is 12.4 Å². The number of ether oxygens (including phenoxy) is 2. The summed E-state index contributed by atoms with van der Waals surface area (Å²) in [6, 6.07) is 13.0. The number of rotatable bonds is 6. The van der Waals surface area contributed by atoms with Crippen molar-refractivity contribution in [1.29, 1.82) is 0 Å². The lowest BCUT2D eigenvalue weighted by Gasteiger charge is -2.19. The Hall–Kier alpha value is -2.60. The second kappa shape index (κ2) is 9.20. The molecule has 0 aliphatic rings. The second-order valence-electron chi connectivity index (χ2n) is 6.10. The van der Waals surface area contributed by atoms with E-state index in [0.29, 0.717) is 17.3 Å². The third-order valence-electron chi connectivity index (χ3n) is 3.83. The number of thiocarbonyl (C=S) groups is 1. The van der Waals surface area contributed by atoms with E-state index in [2.05, 4.69) is 15.4 Å². The molecule has 0 fully saturated rings. The number of aryl methyl sites for hydroxylation is 2. The molecule has 0 saturated heterocycles. The third-order valence-corrected chi connectivity index (χ3v) is 4.05. The molecule has 0 aliphatic heterocycles. The molecule has 1 atom stereocenters. The molecule has 2 rings (SSSR count). The molecule has 2 N–H and O–H groups in total. The van der Waals surface area contributed by atoms with Crippen molar-refractivity contribution >= 4 is 29.0 Å². The molecule has 5 nitrogen and oxygen atoms in total. The smallest absolute Gasteiger partial charge is 0.337 e. The fourth-order valence-corrected chi connectivity index (χ4v) is 2.79. The number of anilines is 1. The average Bonchev–Trinajstić information content (AvgIpc) is 2.61. The quantitative estimate of drug-likeness (QED) is 0.593. The van der Waals surface area contributed by atoms with Crippen molar-refractivity contribution in [2.45, 2.75) is 26.8 Å². The summed E-state index contributed by atoms with van der Waals surface area (Å²) in [6.45, 7) is 6.56. The van der Waals surface area contributed by atoms with Gasteiger partial charge in [-0.1, -0.05) is 18.2 Å². The van der Waals surface area contributed by atoms with Crippen LogP contribution in [0.25, 0.3) is 0 Å². The highest BCUT2D eigenvalue weighted by Crippen LogP contribution is 2.22. The Bertz CT molecular complexity index is 755. The highest BCUT2D eigenvalue weighted by atomic mass is 32.1. The van der Waals surface area contributed by atoms with Gasteiger partial charge in [0.05, 0.1) is 18.7 Å². The van der Waals surface area contributed by atoms with E-state index in [1.807, 2.05) is 39.0 Å². The molecule has 138 valence electrons. The summed E-state index contributed by atoms with van der Waals surface area (Å²) < 4.78 is 10.6. The molecule has 0 saturated carbocycles. The van der Waals surface area contributed by atoms with Gasteiger partial charge in [0.25, 0.3) is 0 Å². The van der Waals surface area contributed by atoms with Crippen LogP contribution in [-0.2, 0) is 4.74 Å². The molecule has 0 spiro atoms. The molecule has 0 aromatic heterocycles. The molecule has 6 heteroatoms. The second-order valence-corrected chi connectivity index (χ2v) is 6.51. The van der Waals surface area contributed by atoms with E-state index in [4.69, 9.17) is 17.0 Å². The molecule has 2 aromatic rings. The maximum atomic E-state index is 11.4. The fraction of sp³-hybridized carbons (Fsp3) is 0.300. The molecule has 0 radical (unpaired) electrons. The van der Waals surface area contributed by atoms with Crippen LogP contribution in [0.5, 0.6) is 5.75 Å². The van der Waals surface area contributed by atoms with Crippen molar-refractivity contribution < 1.29 is 14.3 Å². The van der Waals surface area contributed by atoms with Crippen LogP contribution in [0, 0.1) is 13.8 Å². The van der Waals surface area contributed by atoms with Gasteiger partial charge in [-0.05, 0) is 68.4 Å². The van der Waals surface area contributed by atoms with Gasteiger partial charge in [-0.15, -0.1) is 0 Å². The fourth-order valence-electron chi connectivity index (χ4n) is 2.48. The Morgan fingerprint density at radius 1 is 1.12 bits per heavy atom. The van der Waals surface area contributed by atoms with E-state index < -0.39 is 0 Å². The summed E-state index contributed by atoms with van der Waals surface area (Å²) in [5.41, 5.74) is 3.51. The van der Waals surface area contributed by atoms with Crippen molar-refractivity contribution in [3.63, 3.8) is 0 Å². The standard InChI is InChI=1S/C20H24N2O3S/c1-13-6-5-7-14(2)18(13)25-12-15(3)21-20(26)22-17-10-8-16(9-11-17)19(23)24-4/h5-11,15H,12H2,1-4H3,(H2,21,22,26). The van der Waals surface area contributed by atoms with Crippen LogP contribution >= 0.6 is 12.2 Å². The third kappa shape index (κ3) is 5.46. The van der Waals surface area contributed by atoms with Gasteiger partial charge in [-0.25, -0.2) is 4.79 Å². The van der Waals surface area contributed by atoms with Crippen LogP contribution in [0.2, 0.25) is 0 Å². The normalized spacial score (nSPS) is 11.4. The highest BCUT2D eigenvalue weighted by molar-refractivity contribution is 7.80. The first kappa shape index (κ1) is 19.7. The number of hydrogen-bond acceptors (Lipinski definition) is 4. The summed E-state index contributed by atoms with van der Waals surface area (Å²) in [5, 5.41) is 6.77. The summed E-state index contributed by atoms with van der Waals surface area (Å²) >= 11 is 5.33. The van der Waals surface area contributed by atoms with Crippen LogP contribution in [0.1, 0.15) is 28.4 Å². The Labute approximate surface area is 159 Å². The zero-order chi connectivity index (χ0) is 19.1. The summed E-state index contributed by atoms with van der Waals surface area (Å²) in [5.74, 6) is 0.549.